The third-order valence-electron chi connectivity index (χ3n) is 6.28. The first-order chi connectivity index (χ1) is 14.2. The topological polar surface area (TPSA) is 28.3 Å². The van der Waals surface area contributed by atoms with Crippen molar-refractivity contribution in [2.24, 2.45) is 0 Å². The summed E-state index contributed by atoms with van der Waals surface area (Å²) >= 11 is 0. The zero-order chi connectivity index (χ0) is 20.2. The van der Waals surface area contributed by atoms with Crippen molar-refractivity contribution in [3.8, 4) is 5.75 Å². The van der Waals surface area contributed by atoms with Crippen molar-refractivity contribution in [2.75, 3.05) is 20.2 Å². The maximum atomic E-state index is 13.6. The van der Waals surface area contributed by atoms with Gasteiger partial charge < -0.3 is 14.6 Å². The standard InChI is InChI=1S/C25H31FN2O.ClH/c1-3-13-28(21-11-9-18-6-4-8-25(29-2)23(18)16-21)14-5-7-19-17-27-24-12-10-20(26)15-22(19)24;/h4,6,8,10,12,15,17,21,27H,3,5,7,9,11,13-14,16H2,1-2H3;1H. The minimum Gasteiger partial charge on any atom is -0.496 e. The molecular weight excluding hydrogens is 399 g/mol. The molecule has 30 heavy (non-hydrogen) atoms. The molecule has 4 rings (SSSR count). The number of fused-ring (bicyclic) bond motifs is 2. The molecule has 1 N–H and O–H groups in total. The Hall–Kier alpha value is -2.04. The summed E-state index contributed by atoms with van der Waals surface area (Å²) in [4.78, 5) is 5.93. The van der Waals surface area contributed by atoms with Crippen LogP contribution in [-0.2, 0) is 19.3 Å². The molecule has 1 aliphatic carbocycles. The number of methoxy groups -OCH3 is 1. The van der Waals surface area contributed by atoms with E-state index in [1.54, 1.807) is 13.2 Å². The van der Waals surface area contributed by atoms with Crippen LogP contribution in [0.15, 0.2) is 42.6 Å². The second-order valence-corrected chi connectivity index (χ2v) is 8.14. The van der Waals surface area contributed by atoms with Crippen LogP contribution >= 0.6 is 12.4 Å². The fourth-order valence-electron chi connectivity index (χ4n) is 4.83. The van der Waals surface area contributed by atoms with Gasteiger partial charge in [0, 0.05) is 23.1 Å². The minimum atomic E-state index is -0.166. The van der Waals surface area contributed by atoms with Gasteiger partial charge in [0.15, 0.2) is 0 Å². The van der Waals surface area contributed by atoms with Crippen LogP contribution in [0.3, 0.4) is 0 Å². The summed E-state index contributed by atoms with van der Waals surface area (Å²) in [5.74, 6) is 0.866. The molecule has 0 saturated carbocycles. The van der Waals surface area contributed by atoms with Crippen LogP contribution in [-0.4, -0.2) is 36.1 Å². The van der Waals surface area contributed by atoms with E-state index >= 15 is 0 Å². The van der Waals surface area contributed by atoms with Crippen LogP contribution in [0, 0.1) is 5.82 Å². The van der Waals surface area contributed by atoms with Crippen molar-refractivity contribution in [2.45, 2.75) is 51.5 Å². The third-order valence-corrected chi connectivity index (χ3v) is 6.28. The first-order valence-electron chi connectivity index (χ1n) is 10.8. The number of ether oxygens (including phenoxy) is 1. The fourth-order valence-corrected chi connectivity index (χ4v) is 4.83. The van der Waals surface area contributed by atoms with Crippen molar-refractivity contribution < 1.29 is 9.13 Å². The molecule has 0 spiro atoms. The SMILES string of the molecule is CCCN(CCCc1c[nH]c2ccc(F)cc12)C1CCc2cccc(OC)c2C1.Cl. The van der Waals surface area contributed by atoms with E-state index in [-0.39, 0.29) is 18.2 Å². The quantitative estimate of drug-likeness (QED) is 0.479. The number of H-pyrrole nitrogens is 1. The molecule has 0 saturated heterocycles. The number of nitrogens with zero attached hydrogens (tertiary/aromatic N) is 1. The fraction of sp³-hybridized carbons (Fsp3) is 0.440. The predicted octanol–water partition coefficient (Wildman–Crippen LogP) is 5.94. The molecule has 0 radical (unpaired) electrons. The molecule has 0 fully saturated rings. The van der Waals surface area contributed by atoms with E-state index in [1.165, 1.54) is 29.2 Å². The second kappa shape index (κ2) is 10.3. The number of aromatic nitrogens is 1. The number of halogens is 2. The Morgan fingerprint density at radius 3 is 2.87 bits per heavy atom. The van der Waals surface area contributed by atoms with Gasteiger partial charge in [-0.1, -0.05) is 19.1 Å². The first-order valence-corrected chi connectivity index (χ1v) is 10.8. The van der Waals surface area contributed by atoms with E-state index in [2.05, 4.69) is 35.0 Å². The lowest BCUT2D eigenvalue weighted by Crippen LogP contribution is -2.40. The number of hydrogen-bond donors (Lipinski definition) is 1. The smallest absolute Gasteiger partial charge is 0.123 e. The van der Waals surface area contributed by atoms with Crippen molar-refractivity contribution in [3.05, 3.63) is 65.1 Å². The van der Waals surface area contributed by atoms with Gasteiger partial charge in [0.25, 0.3) is 0 Å². The van der Waals surface area contributed by atoms with Crippen molar-refractivity contribution in [3.63, 3.8) is 0 Å². The van der Waals surface area contributed by atoms with Crippen LogP contribution in [0.5, 0.6) is 5.75 Å². The molecule has 0 aliphatic heterocycles. The van der Waals surface area contributed by atoms with Gasteiger partial charge in [0.1, 0.15) is 11.6 Å². The highest BCUT2D eigenvalue weighted by Crippen LogP contribution is 2.32. The largest absolute Gasteiger partial charge is 0.496 e. The van der Waals surface area contributed by atoms with Crippen LogP contribution < -0.4 is 4.74 Å². The van der Waals surface area contributed by atoms with Gasteiger partial charge in [-0.15, -0.1) is 12.4 Å². The zero-order valence-electron chi connectivity index (χ0n) is 17.9. The molecular formula is C25H32ClFN2O. The molecule has 1 heterocycles. The number of hydrogen-bond acceptors (Lipinski definition) is 2. The summed E-state index contributed by atoms with van der Waals surface area (Å²) < 4.78 is 19.3. The summed E-state index contributed by atoms with van der Waals surface area (Å²) in [6.45, 7) is 4.45. The molecule has 3 aromatic rings. The van der Waals surface area contributed by atoms with Crippen molar-refractivity contribution in [1.82, 2.24) is 9.88 Å². The number of aryl methyl sites for hydroxylation is 2. The molecule has 5 heteroatoms. The van der Waals surface area contributed by atoms with E-state index in [0.29, 0.717) is 6.04 Å². The predicted molar refractivity (Wildman–Crippen MR) is 124 cm³/mol. The lowest BCUT2D eigenvalue weighted by Gasteiger charge is -2.35. The van der Waals surface area contributed by atoms with Crippen LogP contribution in [0.25, 0.3) is 10.9 Å². The zero-order valence-corrected chi connectivity index (χ0v) is 18.7. The molecule has 3 nitrogen and oxygen atoms in total. The molecule has 0 bridgehead atoms. The van der Waals surface area contributed by atoms with Crippen LogP contribution in [0.1, 0.15) is 42.9 Å². The lowest BCUT2D eigenvalue weighted by atomic mass is 9.86. The second-order valence-electron chi connectivity index (χ2n) is 8.14. The van der Waals surface area contributed by atoms with Gasteiger partial charge in [-0.05, 0) is 92.6 Å². The lowest BCUT2D eigenvalue weighted by molar-refractivity contribution is 0.176. The number of rotatable bonds is 8. The Kier molecular flexibility index (Phi) is 7.79. The van der Waals surface area contributed by atoms with Crippen molar-refractivity contribution >= 4 is 23.3 Å². The molecule has 1 unspecified atom stereocenters. The third kappa shape index (κ3) is 4.81. The summed E-state index contributed by atoms with van der Waals surface area (Å²) in [6, 6.07) is 12.0. The molecule has 162 valence electrons. The van der Waals surface area contributed by atoms with E-state index in [0.717, 1.165) is 61.8 Å². The maximum absolute atomic E-state index is 13.6. The van der Waals surface area contributed by atoms with Gasteiger partial charge in [-0.3, -0.25) is 0 Å². The average Bonchev–Trinajstić information content (AvgIpc) is 3.14. The van der Waals surface area contributed by atoms with Gasteiger partial charge >= 0.3 is 0 Å². The Labute approximate surface area is 185 Å². The highest BCUT2D eigenvalue weighted by molar-refractivity contribution is 5.85. The number of aromatic amines is 1. The Morgan fingerprint density at radius 2 is 2.07 bits per heavy atom. The molecule has 0 amide bonds. The highest BCUT2D eigenvalue weighted by Gasteiger charge is 2.25. The number of benzene rings is 2. The molecule has 1 atom stereocenters. The van der Waals surface area contributed by atoms with Gasteiger partial charge in [0.2, 0.25) is 0 Å². The van der Waals surface area contributed by atoms with Gasteiger partial charge in [0.05, 0.1) is 7.11 Å². The highest BCUT2D eigenvalue weighted by atomic mass is 35.5. The Bertz CT molecular complexity index is 957. The van der Waals surface area contributed by atoms with Gasteiger partial charge in [-0.2, -0.15) is 0 Å². The van der Waals surface area contributed by atoms with E-state index in [9.17, 15) is 4.39 Å². The Morgan fingerprint density at radius 1 is 1.20 bits per heavy atom. The molecule has 2 aromatic carbocycles. The van der Waals surface area contributed by atoms with E-state index < -0.39 is 0 Å². The minimum absolute atomic E-state index is 0. The summed E-state index contributed by atoms with van der Waals surface area (Å²) in [6.07, 6.45) is 8.65. The molecule has 1 aromatic heterocycles. The summed E-state index contributed by atoms with van der Waals surface area (Å²) in [7, 11) is 1.77. The van der Waals surface area contributed by atoms with Gasteiger partial charge in [-0.25, -0.2) is 4.39 Å². The first kappa shape index (κ1) is 22.6. The monoisotopic (exact) mass is 430 g/mol. The van der Waals surface area contributed by atoms with Crippen molar-refractivity contribution in [1.29, 1.82) is 0 Å². The van der Waals surface area contributed by atoms with Crippen LogP contribution in [0.2, 0.25) is 0 Å². The Balaban J connectivity index is 0.00000256. The summed E-state index contributed by atoms with van der Waals surface area (Å²) in [5.41, 5.74) is 5.06. The molecule has 1 aliphatic rings. The number of nitrogens with one attached hydrogen (secondary N) is 1. The van der Waals surface area contributed by atoms with E-state index in [4.69, 9.17) is 4.74 Å². The van der Waals surface area contributed by atoms with Crippen LogP contribution in [0.4, 0.5) is 4.39 Å². The normalized spacial score (nSPS) is 15.8. The summed E-state index contributed by atoms with van der Waals surface area (Å²) in [5, 5.41) is 1.02. The van der Waals surface area contributed by atoms with E-state index in [1.807, 2.05) is 12.3 Å². The average molecular weight is 431 g/mol. The maximum Gasteiger partial charge on any atom is 0.123 e.